The number of nitrogens with one attached hydrogen (secondary N) is 1. The molecule has 2 heterocycles. The highest BCUT2D eigenvalue weighted by atomic mass is 19.1. The molecule has 5 heteroatoms. The zero-order valence-electron chi connectivity index (χ0n) is 14.5. The molecule has 2 unspecified atom stereocenters. The number of benzene rings is 1. The molecule has 4 nitrogen and oxygen atoms in total. The van der Waals surface area contributed by atoms with Crippen LogP contribution in [0, 0.1) is 11.7 Å². The van der Waals surface area contributed by atoms with Crippen LogP contribution in [0.1, 0.15) is 24.5 Å². The molecule has 1 aromatic heterocycles. The maximum absolute atomic E-state index is 13.6. The van der Waals surface area contributed by atoms with Gasteiger partial charge in [-0.1, -0.05) is 18.2 Å². The van der Waals surface area contributed by atoms with Crippen LogP contribution < -0.4 is 5.32 Å². The summed E-state index contributed by atoms with van der Waals surface area (Å²) in [6.07, 6.45) is 5.75. The van der Waals surface area contributed by atoms with E-state index in [1.54, 1.807) is 18.2 Å². The van der Waals surface area contributed by atoms with E-state index in [2.05, 4.69) is 15.2 Å². The molecule has 0 aliphatic carbocycles. The Morgan fingerprint density at radius 3 is 2.84 bits per heavy atom. The van der Waals surface area contributed by atoms with Crippen LogP contribution in [0.25, 0.3) is 0 Å². The van der Waals surface area contributed by atoms with Gasteiger partial charge < -0.3 is 5.32 Å². The fourth-order valence-corrected chi connectivity index (χ4v) is 3.37. The Morgan fingerprint density at radius 2 is 2.08 bits per heavy atom. The molecule has 2 atom stereocenters. The minimum Gasteiger partial charge on any atom is -0.351 e. The summed E-state index contributed by atoms with van der Waals surface area (Å²) in [5.74, 6) is 0.228. The quantitative estimate of drug-likeness (QED) is 0.879. The number of carbonyl (C=O) groups is 1. The fourth-order valence-electron chi connectivity index (χ4n) is 3.37. The number of likely N-dealkylation sites (tertiary alicyclic amines) is 1. The molecule has 1 aliphatic rings. The monoisotopic (exact) mass is 341 g/mol. The molecule has 1 aromatic carbocycles. The van der Waals surface area contributed by atoms with Crippen molar-refractivity contribution >= 4 is 5.91 Å². The van der Waals surface area contributed by atoms with Gasteiger partial charge in [-0.2, -0.15) is 0 Å². The van der Waals surface area contributed by atoms with Crippen molar-refractivity contribution in [3.8, 4) is 0 Å². The molecule has 0 saturated carbocycles. The summed E-state index contributed by atoms with van der Waals surface area (Å²) >= 11 is 0. The maximum atomic E-state index is 13.6. The minimum absolute atomic E-state index is 0.0483. The Morgan fingerprint density at radius 1 is 1.32 bits per heavy atom. The van der Waals surface area contributed by atoms with Crippen molar-refractivity contribution in [3.63, 3.8) is 0 Å². The highest BCUT2D eigenvalue weighted by Crippen LogP contribution is 2.22. The van der Waals surface area contributed by atoms with Gasteiger partial charge in [-0.15, -0.1) is 0 Å². The van der Waals surface area contributed by atoms with E-state index in [0.717, 1.165) is 25.9 Å². The van der Waals surface area contributed by atoms with Gasteiger partial charge in [0.05, 0.1) is 6.04 Å². The summed E-state index contributed by atoms with van der Waals surface area (Å²) in [5, 5.41) is 2.85. The van der Waals surface area contributed by atoms with E-state index < -0.39 is 0 Å². The summed E-state index contributed by atoms with van der Waals surface area (Å²) in [7, 11) is 0. The molecule has 1 aliphatic heterocycles. The Kier molecular flexibility index (Phi) is 5.76. The van der Waals surface area contributed by atoms with Crippen molar-refractivity contribution in [2.45, 2.75) is 32.4 Å². The van der Waals surface area contributed by atoms with Crippen LogP contribution in [0.5, 0.6) is 0 Å². The largest absolute Gasteiger partial charge is 0.351 e. The van der Waals surface area contributed by atoms with Gasteiger partial charge in [-0.05, 0) is 56.0 Å². The fraction of sp³-hybridized carbons (Fsp3) is 0.400. The molecule has 1 amide bonds. The van der Waals surface area contributed by atoms with Crippen LogP contribution in [0.15, 0.2) is 48.8 Å². The van der Waals surface area contributed by atoms with Gasteiger partial charge in [-0.25, -0.2) is 4.39 Å². The Labute approximate surface area is 148 Å². The molecule has 1 saturated heterocycles. The number of aromatic nitrogens is 1. The summed E-state index contributed by atoms with van der Waals surface area (Å²) in [6.45, 7) is 3.98. The third kappa shape index (κ3) is 4.63. The maximum Gasteiger partial charge on any atom is 0.237 e. The highest BCUT2D eigenvalue weighted by molar-refractivity contribution is 5.81. The zero-order chi connectivity index (χ0) is 17.6. The van der Waals surface area contributed by atoms with Gasteiger partial charge in [0.15, 0.2) is 0 Å². The number of carbonyl (C=O) groups excluding carboxylic acids is 1. The molecular weight excluding hydrogens is 317 g/mol. The first kappa shape index (κ1) is 17.5. The van der Waals surface area contributed by atoms with E-state index in [1.807, 2.05) is 31.5 Å². The van der Waals surface area contributed by atoms with Crippen LogP contribution in [0.3, 0.4) is 0 Å². The van der Waals surface area contributed by atoms with Crippen LogP contribution >= 0.6 is 0 Å². The molecule has 1 N–H and O–H groups in total. The van der Waals surface area contributed by atoms with E-state index in [0.29, 0.717) is 11.5 Å². The van der Waals surface area contributed by atoms with Crippen molar-refractivity contribution < 1.29 is 9.18 Å². The standard InChI is InChI=1S/C20H24FN3O/c1-15(20(25)23-13-18-4-2-3-5-19(18)21)24-11-8-17(14-24)12-16-6-9-22-10-7-16/h2-7,9-10,15,17H,8,11-14H2,1H3,(H,23,25). The lowest BCUT2D eigenvalue weighted by Gasteiger charge is -2.23. The van der Waals surface area contributed by atoms with E-state index in [-0.39, 0.29) is 24.3 Å². The summed E-state index contributed by atoms with van der Waals surface area (Å²) < 4.78 is 13.6. The first-order chi connectivity index (χ1) is 12.1. The summed E-state index contributed by atoms with van der Waals surface area (Å²) in [6, 6.07) is 10.4. The normalized spacial score (nSPS) is 18.9. The number of pyridine rings is 1. The van der Waals surface area contributed by atoms with Gasteiger partial charge >= 0.3 is 0 Å². The van der Waals surface area contributed by atoms with Crippen molar-refractivity contribution in [2.75, 3.05) is 13.1 Å². The molecular formula is C20H24FN3O. The molecule has 25 heavy (non-hydrogen) atoms. The lowest BCUT2D eigenvalue weighted by Crippen LogP contribution is -2.44. The minimum atomic E-state index is -0.283. The molecule has 3 rings (SSSR count). The lowest BCUT2D eigenvalue weighted by molar-refractivity contribution is -0.125. The second-order valence-corrected chi connectivity index (χ2v) is 6.69. The van der Waals surface area contributed by atoms with Gasteiger partial charge in [-0.3, -0.25) is 14.7 Å². The van der Waals surface area contributed by atoms with Gasteiger partial charge in [0.2, 0.25) is 5.91 Å². The zero-order valence-corrected chi connectivity index (χ0v) is 14.5. The Hall–Kier alpha value is -2.27. The van der Waals surface area contributed by atoms with Crippen LogP contribution in [-0.2, 0) is 17.8 Å². The average Bonchev–Trinajstić information content (AvgIpc) is 3.09. The predicted octanol–water partition coefficient (Wildman–Crippen LogP) is 2.79. The van der Waals surface area contributed by atoms with Gasteiger partial charge in [0.25, 0.3) is 0 Å². The van der Waals surface area contributed by atoms with Crippen LogP contribution in [-0.4, -0.2) is 34.9 Å². The number of rotatable bonds is 6. The summed E-state index contributed by atoms with van der Waals surface area (Å²) in [4.78, 5) is 18.7. The van der Waals surface area contributed by atoms with Crippen LogP contribution in [0.4, 0.5) is 4.39 Å². The third-order valence-corrected chi connectivity index (χ3v) is 4.93. The smallest absolute Gasteiger partial charge is 0.237 e. The SMILES string of the molecule is CC(C(=O)NCc1ccccc1F)N1CCC(Cc2ccncc2)C1. The Balaban J connectivity index is 1.48. The van der Waals surface area contributed by atoms with Gasteiger partial charge in [0, 0.05) is 31.0 Å². The van der Waals surface area contributed by atoms with Crippen molar-refractivity contribution in [2.24, 2.45) is 5.92 Å². The number of amides is 1. The molecule has 132 valence electrons. The molecule has 1 fully saturated rings. The molecule has 0 radical (unpaired) electrons. The molecule has 2 aromatic rings. The second kappa shape index (κ2) is 8.21. The highest BCUT2D eigenvalue weighted by Gasteiger charge is 2.29. The van der Waals surface area contributed by atoms with Gasteiger partial charge in [0.1, 0.15) is 5.82 Å². The van der Waals surface area contributed by atoms with E-state index in [9.17, 15) is 9.18 Å². The van der Waals surface area contributed by atoms with Crippen LogP contribution in [0.2, 0.25) is 0 Å². The van der Waals surface area contributed by atoms with Crippen molar-refractivity contribution in [3.05, 3.63) is 65.7 Å². The number of nitrogens with zero attached hydrogens (tertiary/aromatic N) is 2. The Bertz CT molecular complexity index is 707. The number of hydrogen-bond donors (Lipinski definition) is 1. The van der Waals surface area contributed by atoms with E-state index in [1.165, 1.54) is 11.6 Å². The predicted molar refractivity (Wildman–Crippen MR) is 95.3 cm³/mol. The first-order valence-electron chi connectivity index (χ1n) is 8.77. The lowest BCUT2D eigenvalue weighted by atomic mass is 10.00. The molecule has 0 bridgehead atoms. The van der Waals surface area contributed by atoms with Crippen molar-refractivity contribution in [1.29, 1.82) is 0 Å². The third-order valence-electron chi connectivity index (χ3n) is 4.93. The molecule has 0 spiro atoms. The summed E-state index contributed by atoms with van der Waals surface area (Å²) in [5.41, 5.74) is 1.80. The number of halogens is 1. The number of hydrogen-bond acceptors (Lipinski definition) is 3. The van der Waals surface area contributed by atoms with E-state index in [4.69, 9.17) is 0 Å². The average molecular weight is 341 g/mol. The first-order valence-corrected chi connectivity index (χ1v) is 8.77. The van der Waals surface area contributed by atoms with Crippen molar-refractivity contribution in [1.82, 2.24) is 15.2 Å². The second-order valence-electron chi connectivity index (χ2n) is 6.69. The van der Waals surface area contributed by atoms with E-state index >= 15 is 0 Å². The topological polar surface area (TPSA) is 45.2 Å².